The summed E-state index contributed by atoms with van der Waals surface area (Å²) in [6.45, 7) is 0. The van der Waals surface area contributed by atoms with Gasteiger partial charge in [-0.1, -0.05) is 23.9 Å². The molecule has 5 N–H and O–H groups in total. The summed E-state index contributed by atoms with van der Waals surface area (Å²) in [4.78, 5) is 0. The predicted molar refractivity (Wildman–Crippen MR) is 66.2 cm³/mol. The molecule has 0 saturated carbocycles. The van der Waals surface area contributed by atoms with Gasteiger partial charge in [-0.15, -0.1) is 0 Å². The molecule has 0 aromatic heterocycles. The molecular formula is C10H15N3O2S. The molecule has 1 atom stereocenters. The standard InChI is InChI=1S/C10H15N3O2S/c1-15-8-4-2-3-7(5-8)9(14)6-16-10(11)13-12/h2-5,9,14H,6,12H2,1H3,(H2,11,13). The molecule has 0 bridgehead atoms. The van der Waals surface area contributed by atoms with Crippen molar-refractivity contribution < 1.29 is 9.84 Å². The van der Waals surface area contributed by atoms with Crippen molar-refractivity contribution in [2.75, 3.05) is 12.9 Å². The number of hydrazone groups is 1. The van der Waals surface area contributed by atoms with Gasteiger partial charge in [0.25, 0.3) is 0 Å². The van der Waals surface area contributed by atoms with Crippen LogP contribution in [0.2, 0.25) is 0 Å². The maximum atomic E-state index is 9.86. The minimum absolute atomic E-state index is 0.252. The first kappa shape index (κ1) is 12.7. The van der Waals surface area contributed by atoms with Crippen LogP contribution in [0.25, 0.3) is 0 Å². The number of benzene rings is 1. The number of aliphatic hydroxyl groups is 1. The monoisotopic (exact) mass is 241 g/mol. The van der Waals surface area contributed by atoms with Crippen molar-refractivity contribution in [2.24, 2.45) is 16.7 Å². The van der Waals surface area contributed by atoms with Crippen LogP contribution in [0.3, 0.4) is 0 Å². The van der Waals surface area contributed by atoms with E-state index in [0.717, 1.165) is 5.56 Å². The fourth-order valence-corrected chi connectivity index (χ4v) is 1.74. The molecule has 16 heavy (non-hydrogen) atoms. The zero-order valence-electron chi connectivity index (χ0n) is 8.96. The highest BCUT2D eigenvalue weighted by atomic mass is 32.2. The van der Waals surface area contributed by atoms with Crippen LogP contribution in [-0.4, -0.2) is 23.1 Å². The molecule has 0 saturated heterocycles. The second-order valence-electron chi connectivity index (χ2n) is 3.07. The second kappa shape index (κ2) is 6.24. The summed E-state index contributed by atoms with van der Waals surface area (Å²) in [5.41, 5.74) is 6.18. The first-order valence-electron chi connectivity index (χ1n) is 4.65. The number of rotatable bonds is 4. The molecule has 0 aliphatic carbocycles. The van der Waals surface area contributed by atoms with Crippen molar-refractivity contribution in [2.45, 2.75) is 6.10 Å². The number of hydrogen-bond donors (Lipinski definition) is 3. The van der Waals surface area contributed by atoms with Crippen molar-refractivity contribution >= 4 is 16.9 Å². The number of hydrogen-bond acceptors (Lipinski definition) is 5. The summed E-state index contributed by atoms with van der Waals surface area (Å²) < 4.78 is 5.07. The molecule has 5 nitrogen and oxygen atoms in total. The Labute approximate surface area is 98.5 Å². The zero-order valence-corrected chi connectivity index (χ0v) is 9.78. The third-order valence-electron chi connectivity index (χ3n) is 1.99. The number of amidine groups is 1. The molecule has 0 aliphatic rings. The lowest BCUT2D eigenvalue weighted by molar-refractivity contribution is 0.204. The van der Waals surface area contributed by atoms with Gasteiger partial charge >= 0.3 is 0 Å². The summed E-state index contributed by atoms with van der Waals surface area (Å²) >= 11 is 1.20. The van der Waals surface area contributed by atoms with Gasteiger partial charge in [-0.2, -0.15) is 5.10 Å². The van der Waals surface area contributed by atoms with Gasteiger partial charge in [0.2, 0.25) is 0 Å². The topological polar surface area (TPSA) is 93.9 Å². The molecule has 0 fully saturated rings. The third-order valence-corrected chi connectivity index (χ3v) is 2.88. The molecule has 0 amide bonds. The van der Waals surface area contributed by atoms with Crippen molar-refractivity contribution in [3.63, 3.8) is 0 Å². The van der Waals surface area contributed by atoms with E-state index in [4.69, 9.17) is 16.3 Å². The maximum absolute atomic E-state index is 9.86. The Morgan fingerprint density at radius 1 is 1.62 bits per heavy atom. The van der Waals surface area contributed by atoms with Gasteiger partial charge < -0.3 is 21.4 Å². The van der Waals surface area contributed by atoms with Crippen LogP contribution in [0.15, 0.2) is 29.4 Å². The largest absolute Gasteiger partial charge is 0.497 e. The van der Waals surface area contributed by atoms with Gasteiger partial charge in [-0.3, -0.25) is 0 Å². The summed E-state index contributed by atoms with van der Waals surface area (Å²) in [5, 5.41) is 13.4. The highest BCUT2D eigenvalue weighted by molar-refractivity contribution is 8.13. The quantitative estimate of drug-likeness (QED) is 0.311. The number of thioether (sulfide) groups is 1. The zero-order chi connectivity index (χ0) is 12.0. The molecule has 6 heteroatoms. The lowest BCUT2D eigenvalue weighted by atomic mass is 10.1. The van der Waals surface area contributed by atoms with Crippen LogP contribution >= 0.6 is 11.8 Å². The van der Waals surface area contributed by atoms with Crippen LogP contribution in [0.5, 0.6) is 5.75 Å². The fourth-order valence-electron chi connectivity index (χ4n) is 1.15. The van der Waals surface area contributed by atoms with E-state index < -0.39 is 6.10 Å². The highest BCUT2D eigenvalue weighted by Gasteiger charge is 2.09. The lowest BCUT2D eigenvalue weighted by Gasteiger charge is -2.11. The fraction of sp³-hybridized carbons (Fsp3) is 0.300. The minimum Gasteiger partial charge on any atom is -0.497 e. The Hall–Kier alpha value is -1.40. The molecule has 0 spiro atoms. The van der Waals surface area contributed by atoms with Crippen LogP contribution < -0.4 is 16.3 Å². The van der Waals surface area contributed by atoms with Gasteiger partial charge in [0.15, 0.2) is 5.17 Å². The normalized spacial score (nSPS) is 13.5. The third kappa shape index (κ3) is 3.63. The van der Waals surface area contributed by atoms with Crippen LogP contribution in [0.1, 0.15) is 11.7 Å². The number of aliphatic hydroxyl groups excluding tert-OH is 1. The first-order chi connectivity index (χ1) is 7.67. The van der Waals surface area contributed by atoms with Crippen LogP contribution in [0, 0.1) is 0 Å². The van der Waals surface area contributed by atoms with E-state index in [0.29, 0.717) is 11.5 Å². The molecular weight excluding hydrogens is 226 g/mol. The summed E-state index contributed by atoms with van der Waals surface area (Å²) in [6.07, 6.45) is -0.625. The Kier molecular flexibility index (Phi) is 4.94. The van der Waals surface area contributed by atoms with Crippen LogP contribution in [-0.2, 0) is 0 Å². The van der Waals surface area contributed by atoms with Gasteiger partial charge in [0.1, 0.15) is 5.75 Å². The Morgan fingerprint density at radius 3 is 3.00 bits per heavy atom. The predicted octanol–water partition coefficient (Wildman–Crippen LogP) is 0.650. The minimum atomic E-state index is -0.625. The number of ether oxygens (including phenoxy) is 1. The molecule has 0 heterocycles. The number of nitrogens with zero attached hydrogens (tertiary/aromatic N) is 1. The van der Waals surface area contributed by atoms with E-state index >= 15 is 0 Å². The van der Waals surface area contributed by atoms with Crippen molar-refractivity contribution in [3.8, 4) is 5.75 Å². The van der Waals surface area contributed by atoms with E-state index in [-0.39, 0.29) is 5.17 Å². The molecule has 0 radical (unpaired) electrons. The highest BCUT2D eigenvalue weighted by Crippen LogP contribution is 2.21. The lowest BCUT2D eigenvalue weighted by Crippen LogP contribution is -2.12. The second-order valence-corrected chi connectivity index (χ2v) is 4.11. The van der Waals surface area contributed by atoms with Gasteiger partial charge in [-0.05, 0) is 17.7 Å². The molecule has 1 aromatic rings. The van der Waals surface area contributed by atoms with Crippen molar-refractivity contribution in [1.82, 2.24) is 0 Å². The summed E-state index contributed by atoms with van der Waals surface area (Å²) in [6, 6.07) is 7.24. The first-order valence-corrected chi connectivity index (χ1v) is 5.64. The van der Waals surface area contributed by atoms with Crippen molar-refractivity contribution in [3.05, 3.63) is 29.8 Å². The molecule has 1 unspecified atom stereocenters. The van der Waals surface area contributed by atoms with Crippen molar-refractivity contribution in [1.29, 1.82) is 0 Å². The van der Waals surface area contributed by atoms with Gasteiger partial charge in [-0.25, -0.2) is 0 Å². The maximum Gasteiger partial charge on any atom is 0.177 e. The molecule has 88 valence electrons. The molecule has 1 rings (SSSR count). The average molecular weight is 241 g/mol. The van der Waals surface area contributed by atoms with E-state index in [1.807, 2.05) is 18.2 Å². The average Bonchev–Trinajstić information content (AvgIpc) is 2.35. The summed E-state index contributed by atoms with van der Waals surface area (Å²) in [5.74, 6) is 6.10. The smallest absolute Gasteiger partial charge is 0.177 e. The van der Waals surface area contributed by atoms with E-state index in [9.17, 15) is 5.11 Å². The summed E-state index contributed by atoms with van der Waals surface area (Å²) in [7, 11) is 1.58. The number of methoxy groups -OCH3 is 1. The SMILES string of the molecule is COc1cccc(C(O)CS/C(N)=N/N)c1. The van der Waals surface area contributed by atoms with E-state index in [1.165, 1.54) is 11.8 Å². The van der Waals surface area contributed by atoms with E-state index in [2.05, 4.69) is 5.10 Å². The number of nitrogens with two attached hydrogens (primary N) is 2. The Balaban J connectivity index is 2.61. The van der Waals surface area contributed by atoms with Crippen LogP contribution in [0.4, 0.5) is 0 Å². The van der Waals surface area contributed by atoms with Gasteiger partial charge in [0.05, 0.1) is 13.2 Å². The Bertz CT molecular complexity index is 371. The Morgan fingerprint density at radius 2 is 2.38 bits per heavy atom. The van der Waals surface area contributed by atoms with E-state index in [1.54, 1.807) is 13.2 Å². The molecule has 0 aliphatic heterocycles. The molecule has 1 aromatic carbocycles. The van der Waals surface area contributed by atoms with Gasteiger partial charge in [0, 0.05) is 5.75 Å².